The molecule has 0 spiro atoms. The fourth-order valence-corrected chi connectivity index (χ4v) is 1.73. The number of hydrogen-bond donors (Lipinski definition) is 1. The summed E-state index contributed by atoms with van der Waals surface area (Å²) < 4.78 is 7.46. The Hall–Kier alpha value is -1.62. The highest BCUT2D eigenvalue weighted by molar-refractivity contribution is 5.58. The molecule has 0 atom stereocenters. The third kappa shape index (κ3) is 2.74. The van der Waals surface area contributed by atoms with Crippen LogP contribution in [0.3, 0.4) is 0 Å². The highest BCUT2D eigenvalue weighted by atomic mass is 16.4. The minimum Gasteiger partial charge on any atom is -0.439 e. The van der Waals surface area contributed by atoms with Gasteiger partial charge in [-0.05, 0) is 19.9 Å². The van der Waals surface area contributed by atoms with E-state index < -0.39 is 0 Å². The first-order chi connectivity index (χ1) is 8.20. The summed E-state index contributed by atoms with van der Waals surface area (Å²) in [7, 11) is 1.90. The van der Waals surface area contributed by atoms with Gasteiger partial charge in [0.05, 0.1) is 24.0 Å². The van der Waals surface area contributed by atoms with E-state index >= 15 is 0 Å². The molecule has 0 unspecified atom stereocenters. The number of aryl methyl sites for hydroxylation is 2. The Morgan fingerprint density at radius 1 is 1.47 bits per heavy atom. The number of nitrogens with zero attached hydrogens (tertiary/aromatic N) is 3. The Morgan fingerprint density at radius 2 is 2.29 bits per heavy atom. The lowest BCUT2D eigenvalue weighted by Crippen LogP contribution is -2.13. The second-order valence-electron chi connectivity index (χ2n) is 4.10. The second kappa shape index (κ2) is 5.14. The van der Waals surface area contributed by atoms with Gasteiger partial charge in [-0.15, -0.1) is 0 Å². The van der Waals surface area contributed by atoms with Gasteiger partial charge in [-0.1, -0.05) is 6.92 Å². The van der Waals surface area contributed by atoms with Gasteiger partial charge in [0.15, 0.2) is 5.76 Å². The van der Waals surface area contributed by atoms with Crippen LogP contribution in [-0.2, 0) is 13.6 Å². The summed E-state index contributed by atoms with van der Waals surface area (Å²) in [5.74, 6) is 1.50. The van der Waals surface area contributed by atoms with Gasteiger partial charge in [0, 0.05) is 13.2 Å². The van der Waals surface area contributed by atoms with Gasteiger partial charge in [-0.3, -0.25) is 4.68 Å². The molecule has 2 rings (SSSR count). The van der Waals surface area contributed by atoms with E-state index in [-0.39, 0.29) is 0 Å². The summed E-state index contributed by atoms with van der Waals surface area (Å²) in [6.45, 7) is 5.75. The van der Waals surface area contributed by atoms with Gasteiger partial charge in [0.25, 0.3) is 0 Å². The molecule has 0 aliphatic heterocycles. The molecule has 0 saturated carbocycles. The van der Waals surface area contributed by atoms with Crippen molar-refractivity contribution < 1.29 is 4.42 Å². The summed E-state index contributed by atoms with van der Waals surface area (Å²) >= 11 is 0. The summed E-state index contributed by atoms with van der Waals surface area (Å²) in [5.41, 5.74) is 1.96. The molecule has 2 heterocycles. The standard InChI is InChI=1S/C12H18N4O/c1-4-5-13-7-12-14-6-11(17-12)10-8-16(3)15-9(10)2/h6,8,13H,4-5,7H2,1-3H3. The predicted octanol–water partition coefficient (Wildman–Crippen LogP) is 1.88. The van der Waals surface area contributed by atoms with E-state index in [1.165, 1.54) is 0 Å². The predicted molar refractivity (Wildman–Crippen MR) is 65.4 cm³/mol. The van der Waals surface area contributed by atoms with E-state index in [9.17, 15) is 0 Å². The number of hydrogen-bond acceptors (Lipinski definition) is 4. The van der Waals surface area contributed by atoms with Crippen molar-refractivity contribution in [3.05, 3.63) is 24.0 Å². The minimum absolute atomic E-state index is 0.674. The number of rotatable bonds is 5. The molecule has 92 valence electrons. The lowest BCUT2D eigenvalue weighted by atomic mass is 10.2. The lowest BCUT2D eigenvalue weighted by molar-refractivity contribution is 0.477. The molecule has 0 aliphatic carbocycles. The fourth-order valence-electron chi connectivity index (χ4n) is 1.73. The van der Waals surface area contributed by atoms with Crippen molar-refractivity contribution in [2.24, 2.45) is 7.05 Å². The van der Waals surface area contributed by atoms with Crippen LogP contribution in [0.2, 0.25) is 0 Å². The van der Waals surface area contributed by atoms with E-state index in [0.717, 1.165) is 35.9 Å². The quantitative estimate of drug-likeness (QED) is 0.803. The molecular formula is C12H18N4O. The van der Waals surface area contributed by atoms with Crippen molar-refractivity contribution in [1.82, 2.24) is 20.1 Å². The van der Waals surface area contributed by atoms with Gasteiger partial charge in [-0.25, -0.2) is 4.98 Å². The van der Waals surface area contributed by atoms with E-state index in [1.54, 1.807) is 10.9 Å². The Kier molecular flexibility index (Phi) is 3.58. The SMILES string of the molecule is CCCNCc1ncc(-c2cn(C)nc2C)o1. The van der Waals surface area contributed by atoms with Crippen LogP contribution in [0.1, 0.15) is 24.9 Å². The summed E-state index contributed by atoms with van der Waals surface area (Å²) in [6.07, 6.45) is 4.81. The van der Waals surface area contributed by atoms with Gasteiger partial charge >= 0.3 is 0 Å². The number of aromatic nitrogens is 3. The molecule has 0 bridgehead atoms. The van der Waals surface area contributed by atoms with Crippen molar-refractivity contribution in [3.63, 3.8) is 0 Å². The highest BCUT2D eigenvalue weighted by Gasteiger charge is 2.11. The lowest BCUT2D eigenvalue weighted by Gasteiger charge is -1.97. The molecule has 17 heavy (non-hydrogen) atoms. The molecule has 5 heteroatoms. The molecule has 0 amide bonds. The minimum atomic E-state index is 0.674. The van der Waals surface area contributed by atoms with Crippen LogP contribution in [0.15, 0.2) is 16.8 Å². The average molecular weight is 234 g/mol. The van der Waals surface area contributed by atoms with Gasteiger partial charge in [-0.2, -0.15) is 5.10 Å². The largest absolute Gasteiger partial charge is 0.439 e. The van der Waals surface area contributed by atoms with E-state index in [4.69, 9.17) is 4.42 Å². The Balaban J connectivity index is 2.10. The van der Waals surface area contributed by atoms with Crippen LogP contribution < -0.4 is 5.32 Å². The average Bonchev–Trinajstić information content (AvgIpc) is 2.86. The first kappa shape index (κ1) is 11.9. The number of nitrogens with one attached hydrogen (secondary N) is 1. The van der Waals surface area contributed by atoms with Crippen LogP contribution in [-0.4, -0.2) is 21.3 Å². The zero-order chi connectivity index (χ0) is 12.3. The monoisotopic (exact) mass is 234 g/mol. The summed E-state index contributed by atoms with van der Waals surface area (Å²) in [5, 5.41) is 7.54. The van der Waals surface area contributed by atoms with Crippen molar-refractivity contribution in [2.45, 2.75) is 26.8 Å². The summed E-state index contributed by atoms with van der Waals surface area (Å²) in [4.78, 5) is 4.25. The summed E-state index contributed by atoms with van der Waals surface area (Å²) in [6, 6.07) is 0. The van der Waals surface area contributed by atoms with Crippen LogP contribution in [0.25, 0.3) is 11.3 Å². The third-order valence-corrected chi connectivity index (χ3v) is 2.54. The van der Waals surface area contributed by atoms with Gasteiger partial charge in [0.1, 0.15) is 0 Å². The first-order valence-electron chi connectivity index (χ1n) is 5.86. The van der Waals surface area contributed by atoms with Crippen molar-refractivity contribution in [2.75, 3.05) is 6.54 Å². The molecule has 0 aliphatic rings. The maximum absolute atomic E-state index is 5.68. The molecular weight excluding hydrogens is 216 g/mol. The van der Waals surface area contributed by atoms with Crippen molar-refractivity contribution >= 4 is 0 Å². The molecule has 2 aromatic rings. The highest BCUT2D eigenvalue weighted by Crippen LogP contribution is 2.22. The van der Waals surface area contributed by atoms with Crippen LogP contribution in [0.5, 0.6) is 0 Å². The zero-order valence-corrected chi connectivity index (χ0v) is 10.5. The molecule has 0 fully saturated rings. The van der Waals surface area contributed by atoms with Gasteiger partial charge < -0.3 is 9.73 Å². The van der Waals surface area contributed by atoms with E-state index in [0.29, 0.717) is 6.54 Å². The van der Waals surface area contributed by atoms with Crippen molar-refractivity contribution in [1.29, 1.82) is 0 Å². The smallest absolute Gasteiger partial charge is 0.208 e. The van der Waals surface area contributed by atoms with E-state index in [1.807, 2.05) is 20.2 Å². The third-order valence-electron chi connectivity index (χ3n) is 2.54. The van der Waals surface area contributed by atoms with Crippen LogP contribution in [0.4, 0.5) is 0 Å². The Labute approximate surface area is 101 Å². The molecule has 1 N–H and O–H groups in total. The Bertz CT molecular complexity index is 486. The van der Waals surface area contributed by atoms with Gasteiger partial charge in [0.2, 0.25) is 5.89 Å². The molecule has 0 saturated heterocycles. The zero-order valence-electron chi connectivity index (χ0n) is 10.5. The maximum Gasteiger partial charge on any atom is 0.208 e. The fraction of sp³-hybridized carbons (Fsp3) is 0.500. The molecule has 2 aromatic heterocycles. The normalized spacial score (nSPS) is 11.0. The molecule has 0 radical (unpaired) electrons. The topological polar surface area (TPSA) is 55.9 Å². The molecule has 0 aromatic carbocycles. The van der Waals surface area contributed by atoms with E-state index in [2.05, 4.69) is 22.3 Å². The maximum atomic E-state index is 5.68. The number of oxazole rings is 1. The van der Waals surface area contributed by atoms with Crippen LogP contribution >= 0.6 is 0 Å². The molecule has 5 nitrogen and oxygen atoms in total. The van der Waals surface area contributed by atoms with Crippen molar-refractivity contribution in [3.8, 4) is 11.3 Å². The first-order valence-corrected chi connectivity index (χ1v) is 5.86. The second-order valence-corrected chi connectivity index (χ2v) is 4.10. The van der Waals surface area contributed by atoms with Crippen LogP contribution in [0, 0.1) is 6.92 Å². The Morgan fingerprint density at radius 3 is 2.94 bits per heavy atom.